The standard InChI is InChI=1S/C24H23ClN2O5S/c1-31-23-13-16(9-12-22(23)32-15-17-5-2-3-8-21(17)25)24(28)26-19-6-4-7-20(14-19)33(29,30)27-18-10-11-18/h2-9,12-14,18,27H,10-11,15H2,1H3,(H,26,28). The van der Waals surface area contributed by atoms with Crippen LogP contribution in [-0.4, -0.2) is 27.5 Å². The number of halogens is 1. The Labute approximate surface area is 197 Å². The number of benzene rings is 3. The van der Waals surface area contributed by atoms with Gasteiger partial charge in [-0.05, 0) is 55.3 Å². The SMILES string of the molecule is COc1cc(C(=O)Nc2cccc(S(=O)(=O)NC3CC3)c2)ccc1OCc1ccccc1Cl. The second kappa shape index (κ2) is 9.82. The first-order valence-corrected chi connectivity index (χ1v) is 12.2. The van der Waals surface area contributed by atoms with Gasteiger partial charge in [0.25, 0.3) is 5.91 Å². The van der Waals surface area contributed by atoms with Gasteiger partial charge in [0.2, 0.25) is 10.0 Å². The van der Waals surface area contributed by atoms with E-state index < -0.39 is 15.9 Å². The molecule has 3 aromatic carbocycles. The fourth-order valence-corrected chi connectivity index (χ4v) is 4.67. The summed E-state index contributed by atoms with van der Waals surface area (Å²) in [7, 11) is -2.13. The Balaban J connectivity index is 1.46. The van der Waals surface area contributed by atoms with Crippen LogP contribution >= 0.6 is 11.6 Å². The van der Waals surface area contributed by atoms with Crippen LogP contribution in [0.2, 0.25) is 5.02 Å². The van der Waals surface area contributed by atoms with Gasteiger partial charge in [0.1, 0.15) is 6.61 Å². The first kappa shape index (κ1) is 23.1. The quantitative estimate of drug-likeness (QED) is 0.460. The van der Waals surface area contributed by atoms with Crippen molar-refractivity contribution in [2.75, 3.05) is 12.4 Å². The summed E-state index contributed by atoms with van der Waals surface area (Å²) in [6, 6.07) is 18.3. The van der Waals surface area contributed by atoms with Crippen LogP contribution in [0.3, 0.4) is 0 Å². The zero-order valence-corrected chi connectivity index (χ0v) is 19.4. The second-order valence-corrected chi connectivity index (χ2v) is 9.74. The van der Waals surface area contributed by atoms with E-state index in [0.29, 0.717) is 27.8 Å². The third kappa shape index (κ3) is 5.84. The highest BCUT2D eigenvalue weighted by Crippen LogP contribution is 2.30. The summed E-state index contributed by atoms with van der Waals surface area (Å²) >= 11 is 6.17. The maximum absolute atomic E-state index is 12.8. The van der Waals surface area contributed by atoms with Crippen LogP contribution in [-0.2, 0) is 16.6 Å². The van der Waals surface area contributed by atoms with E-state index in [9.17, 15) is 13.2 Å². The summed E-state index contributed by atoms with van der Waals surface area (Å²) < 4.78 is 38.7. The number of carbonyl (C=O) groups excluding carboxylic acids is 1. The topological polar surface area (TPSA) is 93.7 Å². The largest absolute Gasteiger partial charge is 0.493 e. The summed E-state index contributed by atoms with van der Waals surface area (Å²) in [6.45, 7) is 0.248. The predicted molar refractivity (Wildman–Crippen MR) is 127 cm³/mol. The number of sulfonamides is 1. The first-order valence-electron chi connectivity index (χ1n) is 10.3. The van der Waals surface area contributed by atoms with Crippen LogP contribution in [0.4, 0.5) is 5.69 Å². The molecule has 2 N–H and O–H groups in total. The van der Waals surface area contributed by atoms with Crippen molar-refractivity contribution in [1.29, 1.82) is 0 Å². The molecule has 0 radical (unpaired) electrons. The predicted octanol–water partition coefficient (Wildman–Crippen LogP) is 4.62. The van der Waals surface area contributed by atoms with Gasteiger partial charge in [-0.1, -0.05) is 35.9 Å². The number of anilines is 1. The van der Waals surface area contributed by atoms with Crippen LogP contribution in [0.15, 0.2) is 71.6 Å². The monoisotopic (exact) mass is 486 g/mol. The molecule has 4 rings (SSSR count). The molecule has 1 aliphatic carbocycles. The van der Waals surface area contributed by atoms with E-state index in [0.717, 1.165) is 18.4 Å². The minimum atomic E-state index is -3.62. The molecule has 0 bridgehead atoms. The van der Waals surface area contributed by atoms with Crippen molar-refractivity contribution in [2.45, 2.75) is 30.4 Å². The van der Waals surface area contributed by atoms with Crippen LogP contribution in [0, 0.1) is 0 Å². The highest BCUT2D eigenvalue weighted by molar-refractivity contribution is 7.89. The third-order valence-electron chi connectivity index (χ3n) is 5.07. The molecule has 1 aliphatic rings. The van der Waals surface area contributed by atoms with E-state index in [1.807, 2.05) is 18.2 Å². The molecule has 0 unspecified atom stereocenters. The van der Waals surface area contributed by atoms with Crippen LogP contribution in [0.5, 0.6) is 11.5 Å². The zero-order valence-electron chi connectivity index (χ0n) is 17.9. The lowest BCUT2D eigenvalue weighted by molar-refractivity contribution is 0.102. The van der Waals surface area contributed by atoms with Gasteiger partial charge in [-0.15, -0.1) is 0 Å². The van der Waals surface area contributed by atoms with Crippen molar-refractivity contribution in [3.8, 4) is 11.5 Å². The number of rotatable bonds is 9. The normalized spacial score (nSPS) is 13.4. The Morgan fingerprint density at radius 3 is 2.55 bits per heavy atom. The van der Waals surface area contributed by atoms with E-state index in [2.05, 4.69) is 10.0 Å². The number of methoxy groups -OCH3 is 1. The van der Waals surface area contributed by atoms with E-state index in [4.69, 9.17) is 21.1 Å². The number of carbonyl (C=O) groups is 1. The highest BCUT2D eigenvalue weighted by Gasteiger charge is 2.28. The molecule has 0 heterocycles. The average Bonchev–Trinajstić information content (AvgIpc) is 3.62. The van der Waals surface area contributed by atoms with Crippen molar-refractivity contribution in [2.24, 2.45) is 0 Å². The van der Waals surface area contributed by atoms with Crippen LogP contribution in [0.25, 0.3) is 0 Å². The molecule has 0 aliphatic heterocycles. The van der Waals surface area contributed by atoms with Crippen molar-refractivity contribution < 1.29 is 22.7 Å². The molecule has 0 saturated heterocycles. The molecule has 3 aromatic rings. The van der Waals surface area contributed by atoms with Gasteiger partial charge < -0.3 is 14.8 Å². The Hall–Kier alpha value is -3.07. The molecule has 0 aromatic heterocycles. The Bertz CT molecular complexity index is 1280. The molecule has 1 fully saturated rings. The minimum Gasteiger partial charge on any atom is -0.493 e. The van der Waals surface area contributed by atoms with E-state index in [1.165, 1.54) is 19.2 Å². The number of nitrogens with one attached hydrogen (secondary N) is 2. The van der Waals surface area contributed by atoms with Gasteiger partial charge >= 0.3 is 0 Å². The zero-order chi connectivity index (χ0) is 23.4. The van der Waals surface area contributed by atoms with Gasteiger partial charge in [-0.2, -0.15) is 0 Å². The van der Waals surface area contributed by atoms with Gasteiger partial charge in [0, 0.05) is 27.9 Å². The Kier molecular flexibility index (Phi) is 6.88. The first-order chi connectivity index (χ1) is 15.9. The minimum absolute atomic E-state index is 0.000591. The smallest absolute Gasteiger partial charge is 0.255 e. The molecule has 9 heteroatoms. The molecular weight excluding hydrogens is 464 g/mol. The summed E-state index contributed by atoms with van der Waals surface area (Å²) in [4.78, 5) is 12.9. The fourth-order valence-electron chi connectivity index (χ4n) is 3.13. The molecule has 1 saturated carbocycles. The molecule has 1 amide bonds. The van der Waals surface area contributed by atoms with E-state index in [-0.39, 0.29) is 17.5 Å². The molecule has 172 valence electrons. The molecule has 7 nitrogen and oxygen atoms in total. The lowest BCUT2D eigenvalue weighted by Crippen LogP contribution is -2.25. The second-order valence-electron chi connectivity index (χ2n) is 7.62. The number of ether oxygens (including phenoxy) is 2. The lowest BCUT2D eigenvalue weighted by atomic mass is 10.1. The van der Waals surface area contributed by atoms with Gasteiger partial charge in [0.05, 0.1) is 12.0 Å². The van der Waals surface area contributed by atoms with Crippen LogP contribution < -0.4 is 19.5 Å². The van der Waals surface area contributed by atoms with Crippen molar-refractivity contribution in [3.05, 3.63) is 82.9 Å². The lowest BCUT2D eigenvalue weighted by Gasteiger charge is -2.13. The van der Waals surface area contributed by atoms with Gasteiger partial charge in [0.15, 0.2) is 11.5 Å². The maximum Gasteiger partial charge on any atom is 0.255 e. The van der Waals surface area contributed by atoms with Crippen molar-refractivity contribution >= 4 is 33.2 Å². The van der Waals surface area contributed by atoms with Gasteiger partial charge in [-0.3, -0.25) is 4.79 Å². The number of hydrogen-bond donors (Lipinski definition) is 2. The van der Waals surface area contributed by atoms with Crippen molar-refractivity contribution in [3.63, 3.8) is 0 Å². The molecule has 0 spiro atoms. The van der Waals surface area contributed by atoms with Gasteiger partial charge in [-0.25, -0.2) is 13.1 Å². The Morgan fingerprint density at radius 1 is 1.03 bits per heavy atom. The molecular formula is C24H23ClN2O5S. The maximum atomic E-state index is 12.8. The average molecular weight is 487 g/mol. The van der Waals surface area contributed by atoms with E-state index >= 15 is 0 Å². The molecule has 0 atom stereocenters. The summed E-state index contributed by atoms with van der Waals surface area (Å²) in [5.74, 6) is 0.448. The third-order valence-corrected chi connectivity index (χ3v) is 6.96. The fraction of sp³-hybridized carbons (Fsp3) is 0.208. The summed E-state index contributed by atoms with van der Waals surface area (Å²) in [6.07, 6.45) is 1.69. The number of amides is 1. The van der Waals surface area contributed by atoms with Crippen LogP contribution in [0.1, 0.15) is 28.8 Å². The van der Waals surface area contributed by atoms with E-state index in [1.54, 1.807) is 36.4 Å². The molecule has 33 heavy (non-hydrogen) atoms. The Morgan fingerprint density at radius 2 is 1.82 bits per heavy atom. The summed E-state index contributed by atoms with van der Waals surface area (Å²) in [5.41, 5.74) is 1.53. The number of hydrogen-bond acceptors (Lipinski definition) is 5. The summed E-state index contributed by atoms with van der Waals surface area (Å²) in [5, 5.41) is 3.33. The van der Waals surface area contributed by atoms with Crippen molar-refractivity contribution in [1.82, 2.24) is 4.72 Å². The highest BCUT2D eigenvalue weighted by atomic mass is 35.5.